The van der Waals surface area contributed by atoms with Gasteiger partial charge in [-0.15, -0.1) is 11.3 Å². The zero-order valence-electron chi connectivity index (χ0n) is 8.44. The Kier molecular flexibility index (Phi) is 3.06. The lowest BCUT2D eigenvalue weighted by atomic mass is 9.98. The fraction of sp³-hybridized carbons (Fsp3) is 0.400. The van der Waals surface area contributed by atoms with E-state index >= 15 is 0 Å². The van der Waals surface area contributed by atoms with Gasteiger partial charge in [0, 0.05) is 16.9 Å². The van der Waals surface area contributed by atoms with E-state index in [-0.39, 0.29) is 5.41 Å². The van der Waals surface area contributed by atoms with Gasteiger partial charge in [-0.3, -0.25) is 0 Å². The van der Waals surface area contributed by atoms with Crippen molar-refractivity contribution in [3.05, 3.63) is 22.2 Å². The highest BCUT2D eigenvalue weighted by molar-refractivity contribution is 7.09. The third kappa shape index (κ3) is 2.96. The van der Waals surface area contributed by atoms with E-state index in [1.165, 1.54) is 6.08 Å². The van der Waals surface area contributed by atoms with Crippen LogP contribution in [0.25, 0.3) is 6.08 Å². The van der Waals surface area contributed by atoms with Crippen LogP contribution in [0.2, 0.25) is 0 Å². The molecule has 0 aliphatic carbocycles. The maximum Gasteiger partial charge on any atom is 0.328 e. The van der Waals surface area contributed by atoms with Crippen molar-refractivity contribution in [1.82, 2.24) is 4.98 Å². The van der Waals surface area contributed by atoms with Crippen LogP contribution in [0.5, 0.6) is 0 Å². The van der Waals surface area contributed by atoms with Crippen molar-refractivity contribution in [2.24, 2.45) is 0 Å². The second kappa shape index (κ2) is 3.92. The molecular formula is C10H13NO2S. The minimum atomic E-state index is -0.949. The number of hydrogen-bond donors (Lipinski definition) is 1. The van der Waals surface area contributed by atoms with E-state index in [0.717, 1.165) is 11.1 Å². The molecule has 1 heterocycles. The fourth-order valence-corrected chi connectivity index (χ4v) is 1.74. The van der Waals surface area contributed by atoms with Crippen molar-refractivity contribution < 1.29 is 9.90 Å². The fourth-order valence-electron chi connectivity index (χ4n) is 0.864. The lowest BCUT2D eigenvalue weighted by Crippen LogP contribution is -2.10. The normalized spacial score (nSPS) is 12.2. The van der Waals surface area contributed by atoms with Gasteiger partial charge in [0.05, 0.1) is 10.7 Å². The van der Waals surface area contributed by atoms with Crippen molar-refractivity contribution in [2.45, 2.75) is 26.2 Å². The largest absolute Gasteiger partial charge is 0.478 e. The molecule has 1 rings (SSSR count). The maximum atomic E-state index is 10.3. The second-order valence-corrected chi connectivity index (χ2v) is 4.86. The summed E-state index contributed by atoms with van der Waals surface area (Å²) in [6.45, 7) is 6.24. The van der Waals surface area contributed by atoms with E-state index in [4.69, 9.17) is 5.11 Å². The van der Waals surface area contributed by atoms with Crippen molar-refractivity contribution >= 4 is 23.4 Å². The van der Waals surface area contributed by atoms with Gasteiger partial charge in [0.1, 0.15) is 0 Å². The molecule has 1 aromatic heterocycles. The van der Waals surface area contributed by atoms with Gasteiger partial charge in [0.15, 0.2) is 0 Å². The van der Waals surface area contributed by atoms with Crippen molar-refractivity contribution in [3.63, 3.8) is 0 Å². The first-order valence-corrected chi connectivity index (χ1v) is 5.14. The molecule has 1 N–H and O–H groups in total. The average molecular weight is 211 g/mol. The summed E-state index contributed by atoms with van der Waals surface area (Å²) in [7, 11) is 0. The average Bonchev–Trinajstić information content (AvgIpc) is 2.47. The van der Waals surface area contributed by atoms with Crippen molar-refractivity contribution in [3.8, 4) is 0 Å². The Morgan fingerprint density at radius 2 is 2.21 bits per heavy atom. The van der Waals surface area contributed by atoms with Crippen LogP contribution in [0, 0.1) is 0 Å². The monoisotopic (exact) mass is 211 g/mol. The summed E-state index contributed by atoms with van der Waals surface area (Å²) in [6, 6.07) is 0. The molecule has 4 heteroatoms. The smallest absolute Gasteiger partial charge is 0.328 e. The molecular weight excluding hydrogens is 198 g/mol. The first-order valence-electron chi connectivity index (χ1n) is 4.26. The Morgan fingerprint density at radius 3 is 2.64 bits per heavy atom. The Balaban J connectivity index is 2.84. The van der Waals surface area contributed by atoms with Gasteiger partial charge in [-0.1, -0.05) is 20.8 Å². The zero-order chi connectivity index (χ0) is 10.8. The van der Waals surface area contributed by atoms with Crippen molar-refractivity contribution in [2.75, 3.05) is 0 Å². The highest BCUT2D eigenvalue weighted by atomic mass is 32.1. The molecule has 0 saturated heterocycles. The molecule has 0 aliphatic heterocycles. The van der Waals surface area contributed by atoms with Gasteiger partial charge in [0.25, 0.3) is 0 Å². The molecule has 0 unspecified atom stereocenters. The number of rotatable bonds is 2. The van der Waals surface area contributed by atoms with Gasteiger partial charge in [-0.25, -0.2) is 9.78 Å². The minimum absolute atomic E-state index is 0.0278. The molecule has 14 heavy (non-hydrogen) atoms. The van der Waals surface area contributed by atoms with E-state index in [9.17, 15) is 4.79 Å². The summed E-state index contributed by atoms with van der Waals surface area (Å²) < 4.78 is 0. The van der Waals surface area contributed by atoms with Gasteiger partial charge >= 0.3 is 5.97 Å². The van der Waals surface area contributed by atoms with Crippen molar-refractivity contribution in [1.29, 1.82) is 0 Å². The van der Waals surface area contributed by atoms with Crippen LogP contribution in [0.15, 0.2) is 11.5 Å². The Labute approximate surface area is 87.1 Å². The Morgan fingerprint density at radius 1 is 1.57 bits per heavy atom. The molecule has 0 atom stereocenters. The molecule has 0 radical (unpaired) electrons. The molecule has 0 aromatic carbocycles. The third-order valence-electron chi connectivity index (χ3n) is 1.56. The molecule has 3 nitrogen and oxygen atoms in total. The summed E-state index contributed by atoms with van der Waals surface area (Å²) in [4.78, 5) is 14.6. The summed E-state index contributed by atoms with van der Waals surface area (Å²) in [6.07, 6.45) is 2.61. The van der Waals surface area contributed by atoms with E-state index < -0.39 is 5.97 Å². The highest BCUT2D eigenvalue weighted by Gasteiger charge is 2.17. The van der Waals surface area contributed by atoms with E-state index in [1.807, 2.05) is 5.38 Å². The van der Waals surface area contributed by atoms with Crippen LogP contribution in [0.3, 0.4) is 0 Å². The van der Waals surface area contributed by atoms with Gasteiger partial charge in [-0.05, 0) is 6.08 Å². The number of carboxylic acids is 1. The highest BCUT2D eigenvalue weighted by Crippen LogP contribution is 2.25. The molecule has 1 aromatic rings. The predicted octanol–water partition coefficient (Wildman–Crippen LogP) is 2.54. The first-order chi connectivity index (χ1) is 6.39. The number of aliphatic carboxylic acids is 1. The van der Waals surface area contributed by atoms with E-state index in [2.05, 4.69) is 25.8 Å². The number of carbonyl (C=O) groups is 1. The number of carboxylic acid groups (broad SMARTS) is 1. The topological polar surface area (TPSA) is 50.2 Å². The number of thiazole rings is 1. The number of nitrogens with zero attached hydrogens (tertiary/aromatic N) is 1. The second-order valence-electron chi connectivity index (χ2n) is 4.00. The van der Waals surface area contributed by atoms with E-state index in [1.54, 1.807) is 11.3 Å². The summed E-state index contributed by atoms with van der Waals surface area (Å²) >= 11 is 1.55. The summed E-state index contributed by atoms with van der Waals surface area (Å²) in [5.41, 5.74) is 0.738. The first kappa shape index (κ1) is 10.9. The van der Waals surface area contributed by atoms with Crippen LogP contribution in [0.4, 0.5) is 0 Å². The summed E-state index contributed by atoms with van der Waals surface area (Å²) in [5, 5.41) is 11.3. The summed E-state index contributed by atoms with van der Waals surface area (Å²) in [5.74, 6) is -0.949. The quantitative estimate of drug-likeness (QED) is 0.765. The molecule has 0 fully saturated rings. The molecule has 0 amide bonds. The lowest BCUT2D eigenvalue weighted by molar-refractivity contribution is -0.131. The zero-order valence-corrected chi connectivity index (χ0v) is 9.26. The van der Waals surface area contributed by atoms with Crippen LogP contribution < -0.4 is 0 Å². The van der Waals surface area contributed by atoms with Crippen LogP contribution in [0.1, 0.15) is 31.5 Å². The lowest BCUT2D eigenvalue weighted by Gasteiger charge is -2.13. The van der Waals surface area contributed by atoms with Gasteiger partial charge in [-0.2, -0.15) is 0 Å². The SMILES string of the molecule is CC(C)(C)c1nc(/C=C/C(=O)O)cs1. The predicted molar refractivity (Wildman–Crippen MR) is 57.5 cm³/mol. The molecule has 0 bridgehead atoms. The maximum absolute atomic E-state index is 10.3. The minimum Gasteiger partial charge on any atom is -0.478 e. The standard InChI is InChI=1S/C10H13NO2S/c1-10(2,3)9-11-7(6-14-9)4-5-8(12)13/h4-6H,1-3H3,(H,12,13)/b5-4+. The molecule has 0 aliphatic rings. The Hall–Kier alpha value is -1.16. The van der Waals surface area contributed by atoms with Gasteiger partial charge in [0.2, 0.25) is 0 Å². The Bertz CT molecular complexity index is 360. The molecule has 76 valence electrons. The molecule has 0 saturated carbocycles. The molecule has 0 spiro atoms. The van der Waals surface area contributed by atoms with E-state index in [0.29, 0.717) is 5.69 Å². The third-order valence-corrected chi connectivity index (χ3v) is 2.85. The van der Waals surface area contributed by atoms with Crippen LogP contribution in [-0.4, -0.2) is 16.1 Å². The van der Waals surface area contributed by atoms with Crippen LogP contribution in [-0.2, 0) is 10.2 Å². The number of hydrogen-bond acceptors (Lipinski definition) is 3. The van der Waals surface area contributed by atoms with Crippen LogP contribution >= 0.6 is 11.3 Å². The number of aromatic nitrogens is 1. The van der Waals surface area contributed by atoms with Gasteiger partial charge < -0.3 is 5.11 Å².